The van der Waals surface area contributed by atoms with Gasteiger partial charge in [-0.15, -0.1) is 0 Å². The number of carbonyl (C=O) groups excluding carboxylic acids is 2. The molecule has 1 rings (SSSR count). The van der Waals surface area contributed by atoms with Gasteiger partial charge in [-0.05, 0) is 19.9 Å². The van der Waals surface area contributed by atoms with E-state index in [-0.39, 0.29) is 24.6 Å². The van der Waals surface area contributed by atoms with Crippen molar-refractivity contribution in [2.75, 3.05) is 19.7 Å². The number of nitrogens with zero attached hydrogens (tertiary/aromatic N) is 1. The van der Waals surface area contributed by atoms with E-state index < -0.39 is 11.6 Å². The summed E-state index contributed by atoms with van der Waals surface area (Å²) < 4.78 is 9.38. The molecule has 6 heteroatoms. The van der Waals surface area contributed by atoms with Crippen LogP contribution in [0.15, 0.2) is 27.6 Å². The van der Waals surface area contributed by atoms with Crippen LogP contribution in [0, 0.1) is 0 Å². The molecule has 1 aromatic rings. The molecule has 0 radical (unpaired) electrons. The lowest BCUT2D eigenvalue weighted by Gasteiger charge is -2.19. The molecule has 0 bridgehead atoms. The standard InChI is InChI=1S/C12H15NO5/c1-3-13(7-11(15)17-4-2)12(16)9-5-6-10(14)18-8-9/h5-6,8H,3-4,7H2,1-2H3. The molecule has 0 unspecified atom stereocenters. The Bertz CT molecular complexity index is 459. The molecular formula is C12H15NO5. The third kappa shape index (κ3) is 3.73. The van der Waals surface area contributed by atoms with Gasteiger partial charge in [-0.25, -0.2) is 4.79 Å². The average molecular weight is 253 g/mol. The van der Waals surface area contributed by atoms with Crippen molar-refractivity contribution < 1.29 is 18.7 Å². The Balaban J connectivity index is 2.76. The van der Waals surface area contributed by atoms with Crippen molar-refractivity contribution in [3.8, 4) is 0 Å². The number of amides is 1. The van der Waals surface area contributed by atoms with Crippen molar-refractivity contribution in [1.82, 2.24) is 4.90 Å². The largest absolute Gasteiger partial charge is 0.465 e. The lowest BCUT2D eigenvalue weighted by molar-refractivity contribution is -0.143. The predicted molar refractivity (Wildman–Crippen MR) is 63.2 cm³/mol. The van der Waals surface area contributed by atoms with Crippen LogP contribution in [-0.2, 0) is 9.53 Å². The maximum atomic E-state index is 12.0. The zero-order chi connectivity index (χ0) is 13.5. The maximum Gasteiger partial charge on any atom is 0.335 e. The molecule has 6 nitrogen and oxygen atoms in total. The van der Waals surface area contributed by atoms with Crippen molar-refractivity contribution in [3.63, 3.8) is 0 Å². The van der Waals surface area contributed by atoms with E-state index in [0.29, 0.717) is 6.54 Å². The highest BCUT2D eigenvalue weighted by Gasteiger charge is 2.18. The first-order valence-corrected chi connectivity index (χ1v) is 5.62. The van der Waals surface area contributed by atoms with E-state index in [0.717, 1.165) is 12.3 Å². The quantitative estimate of drug-likeness (QED) is 0.720. The van der Waals surface area contributed by atoms with Crippen LogP contribution in [0.5, 0.6) is 0 Å². The molecule has 0 atom stereocenters. The molecular weight excluding hydrogens is 238 g/mol. The summed E-state index contributed by atoms with van der Waals surface area (Å²) in [4.78, 5) is 35.4. The summed E-state index contributed by atoms with van der Waals surface area (Å²) in [5, 5.41) is 0. The molecule has 0 aromatic carbocycles. The Labute approximate surface area is 104 Å². The van der Waals surface area contributed by atoms with E-state index in [4.69, 9.17) is 4.74 Å². The summed E-state index contributed by atoms with van der Waals surface area (Å²) in [5.74, 6) is -0.848. The minimum atomic E-state index is -0.528. The summed E-state index contributed by atoms with van der Waals surface area (Å²) in [6.07, 6.45) is 1.08. The summed E-state index contributed by atoms with van der Waals surface area (Å²) in [6.45, 7) is 3.95. The van der Waals surface area contributed by atoms with Crippen molar-refractivity contribution in [2.45, 2.75) is 13.8 Å². The van der Waals surface area contributed by atoms with Gasteiger partial charge < -0.3 is 14.1 Å². The van der Waals surface area contributed by atoms with Crippen LogP contribution in [0.2, 0.25) is 0 Å². The normalized spacial score (nSPS) is 9.89. The van der Waals surface area contributed by atoms with E-state index in [1.165, 1.54) is 11.0 Å². The molecule has 1 amide bonds. The minimum absolute atomic E-state index is 0.123. The van der Waals surface area contributed by atoms with Gasteiger partial charge in [0.05, 0.1) is 12.2 Å². The van der Waals surface area contributed by atoms with E-state index in [1.807, 2.05) is 0 Å². The molecule has 1 aromatic heterocycles. The number of hydrogen-bond acceptors (Lipinski definition) is 5. The zero-order valence-corrected chi connectivity index (χ0v) is 10.3. The highest BCUT2D eigenvalue weighted by atomic mass is 16.5. The summed E-state index contributed by atoms with van der Waals surface area (Å²) in [7, 11) is 0. The number of esters is 1. The van der Waals surface area contributed by atoms with Gasteiger partial charge in [0.25, 0.3) is 5.91 Å². The molecule has 0 saturated heterocycles. The minimum Gasteiger partial charge on any atom is -0.465 e. The fourth-order valence-corrected chi connectivity index (χ4v) is 1.35. The molecule has 0 spiro atoms. The van der Waals surface area contributed by atoms with Crippen LogP contribution in [0.25, 0.3) is 0 Å². The van der Waals surface area contributed by atoms with Crippen LogP contribution in [-0.4, -0.2) is 36.5 Å². The fraction of sp³-hybridized carbons (Fsp3) is 0.417. The SMILES string of the molecule is CCOC(=O)CN(CC)C(=O)c1ccc(=O)oc1. The van der Waals surface area contributed by atoms with Crippen LogP contribution in [0.4, 0.5) is 0 Å². The molecule has 0 aliphatic carbocycles. The summed E-state index contributed by atoms with van der Waals surface area (Å²) >= 11 is 0. The second kappa shape index (κ2) is 6.58. The van der Waals surface area contributed by atoms with Crippen LogP contribution >= 0.6 is 0 Å². The zero-order valence-electron chi connectivity index (χ0n) is 10.3. The van der Waals surface area contributed by atoms with Gasteiger partial charge >= 0.3 is 11.6 Å². The van der Waals surface area contributed by atoms with Gasteiger partial charge in [-0.3, -0.25) is 9.59 Å². The Hall–Kier alpha value is -2.11. The first kappa shape index (κ1) is 14.0. The number of carbonyl (C=O) groups is 2. The molecule has 98 valence electrons. The predicted octanol–water partition coefficient (Wildman–Crippen LogP) is 0.665. The second-order valence-corrected chi connectivity index (χ2v) is 3.47. The third-order valence-corrected chi connectivity index (χ3v) is 2.24. The van der Waals surface area contributed by atoms with Crippen molar-refractivity contribution in [2.24, 2.45) is 0 Å². The van der Waals surface area contributed by atoms with Gasteiger partial charge in [0.2, 0.25) is 0 Å². The lowest BCUT2D eigenvalue weighted by Crippen LogP contribution is -2.36. The topological polar surface area (TPSA) is 76.8 Å². The molecule has 18 heavy (non-hydrogen) atoms. The molecule has 1 heterocycles. The third-order valence-electron chi connectivity index (χ3n) is 2.24. The number of ether oxygens (including phenoxy) is 1. The smallest absolute Gasteiger partial charge is 0.335 e. The molecule has 0 saturated carbocycles. The summed E-state index contributed by atoms with van der Waals surface area (Å²) in [5.41, 5.74) is -0.305. The van der Waals surface area contributed by atoms with Crippen LogP contribution in [0.1, 0.15) is 24.2 Å². The highest BCUT2D eigenvalue weighted by Crippen LogP contribution is 2.03. The molecule has 0 fully saturated rings. The molecule has 0 aliphatic heterocycles. The number of likely N-dealkylation sites (N-methyl/N-ethyl adjacent to an activating group) is 1. The van der Waals surface area contributed by atoms with Crippen LogP contribution < -0.4 is 5.63 Å². The number of hydrogen-bond donors (Lipinski definition) is 0. The van der Waals surface area contributed by atoms with Crippen molar-refractivity contribution >= 4 is 11.9 Å². The van der Waals surface area contributed by atoms with Gasteiger partial charge in [0.15, 0.2) is 0 Å². The Morgan fingerprint density at radius 2 is 2.06 bits per heavy atom. The van der Waals surface area contributed by atoms with Crippen molar-refractivity contribution in [3.05, 3.63) is 34.4 Å². The van der Waals surface area contributed by atoms with E-state index >= 15 is 0 Å². The second-order valence-electron chi connectivity index (χ2n) is 3.47. The number of rotatable bonds is 5. The van der Waals surface area contributed by atoms with E-state index in [9.17, 15) is 14.4 Å². The molecule has 0 N–H and O–H groups in total. The maximum absolute atomic E-state index is 12.0. The monoisotopic (exact) mass is 253 g/mol. The summed E-state index contributed by atoms with van der Waals surface area (Å²) in [6, 6.07) is 2.52. The van der Waals surface area contributed by atoms with E-state index in [1.54, 1.807) is 13.8 Å². The molecule has 0 aliphatic rings. The van der Waals surface area contributed by atoms with Gasteiger partial charge in [0.1, 0.15) is 12.8 Å². The van der Waals surface area contributed by atoms with Crippen molar-refractivity contribution in [1.29, 1.82) is 0 Å². The first-order valence-electron chi connectivity index (χ1n) is 5.62. The lowest BCUT2D eigenvalue weighted by atomic mass is 10.2. The van der Waals surface area contributed by atoms with Gasteiger partial charge in [0, 0.05) is 12.6 Å². The first-order chi connectivity index (χ1) is 8.58. The Kier molecular flexibility index (Phi) is 5.10. The Morgan fingerprint density at radius 1 is 1.33 bits per heavy atom. The van der Waals surface area contributed by atoms with E-state index in [2.05, 4.69) is 4.42 Å². The van der Waals surface area contributed by atoms with Crippen LogP contribution in [0.3, 0.4) is 0 Å². The fourth-order valence-electron chi connectivity index (χ4n) is 1.35. The highest BCUT2D eigenvalue weighted by molar-refractivity contribution is 5.95. The average Bonchev–Trinajstić information content (AvgIpc) is 2.36. The van der Waals surface area contributed by atoms with Gasteiger partial charge in [-0.2, -0.15) is 0 Å². The Morgan fingerprint density at radius 3 is 2.56 bits per heavy atom. The van der Waals surface area contributed by atoms with Gasteiger partial charge in [-0.1, -0.05) is 0 Å².